The van der Waals surface area contributed by atoms with Crippen LogP contribution < -0.4 is 0 Å². The SMILES string of the molecule is CC1=NC2(CCC2)CC(C)(F)O1. The molecule has 1 saturated carbocycles. The number of ether oxygens (including phenoxy) is 1. The van der Waals surface area contributed by atoms with Crippen LogP contribution in [0.15, 0.2) is 4.99 Å². The van der Waals surface area contributed by atoms with Crippen molar-refractivity contribution in [1.29, 1.82) is 0 Å². The lowest BCUT2D eigenvalue weighted by Crippen LogP contribution is -2.47. The maximum atomic E-state index is 13.5. The van der Waals surface area contributed by atoms with Gasteiger partial charge in [-0.1, -0.05) is 0 Å². The van der Waals surface area contributed by atoms with Crippen LogP contribution in [-0.2, 0) is 4.74 Å². The molecule has 0 radical (unpaired) electrons. The Labute approximate surface area is 71.8 Å². The van der Waals surface area contributed by atoms with Gasteiger partial charge in [0.05, 0.1) is 5.54 Å². The summed E-state index contributed by atoms with van der Waals surface area (Å²) in [4.78, 5) is 4.37. The Balaban J connectivity index is 2.22. The number of alkyl halides is 1. The second-order valence-electron chi connectivity index (χ2n) is 4.09. The van der Waals surface area contributed by atoms with Gasteiger partial charge in [-0.3, -0.25) is 0 Å². The third-order valence-corrected chi connectivity index (χ3v) is 2.68. The fourth-order valence-corrected chi connectivity index (χ4v) is 2.20. The van der Waals surface area contributed by atoms with E-state index in [0.717, 1.165) is 12.8 Å². The van der Waals surface area contributed by atoms with Crippen molar-refractivity contribution in [3.05, 3.63) is 0 Å². The van der Waals surface area contributed by atoms with Crippen molar-refractivity contribution in [2.45, 2.75) is 50.9 Å². The zero-order chi connectivity index (χ0) is 8.82. The normalized spacial score (nSPS) is 38.4. The van der Waals surface area contributed by atoms with Crippen molar-refractivity contribution < 1.29 is 9.13 Å². The van der Waals surface area contributed by atoms with Crippen molar-refractivity contribution in [1.82, 2.24) is 0 Å². The summed E-state index contributed by atoms with van der Waals surface area (Å²) in [6, 6.07) is 0. The van der Waals surface area contributed by atoms with Crippen molar-refractivity contribution in [2.24, 2.45) is 4.99 Å². The quantitative estimate of drug-likeness (QED) is 0.548. The van der Waals surface area contributed by atoms with Crippen molar-refractivity contribution >= 4 is 5.90 Å². The van der Waals surface area contributed by atoms with Crippen LogP contribution in [0.25, 0.3) is 0 Å². The minimum atomic E-state index is -1.49. The van der Waals surface area contributed by atoms with Gasteiger partial charge in [0.1, 0.15) is 0 Å². The van der Waals surface area contributed by atoms with Gasteiger partial charge in [0.25, 0.3) is 0 Å². The van der Waals surface area contributed by atoms with E-state index in [1.54, 1.807) is 6.92 Å². The van der Waals surface area contributed by atoms with E-state index >= 15 is 0 Å². The lowest BCUT2D eigenvalue weighted by molar-refractivity contribution is -0.102. The molecule has 3 heteroatoms. The van der Waals surface area contributed by atoms with Crippen LogP contribution in [0.1, 0.15) is 39.5 Å². The number of hydrogen-bond donors (Lipinski definition) is 0. The summed E-state index contributed by atoms with van der Waals surface area (Å²) in [6.45, 7) is 3.22. The Morgan fingerprint density at radius 2 is 2.17 bits per heavy atom. The molecule has 1 aliphatic carbocycles. The number of aliphatic imine (C=N–C) groups is 1. The van der Waals surface area contributed by atoms with Gasteiger partial charge in [-0.15, -0.1) is 0 Å². The van der Waals surface area contributed by atoms with Crippen LogP contribution in [0.3, 0.4) is 0 Å². The standard InChI is InChI=1S/C9H14FNO/c1-7-11-9(4-3-5-9)6-8(2,10)12-7/h3-6H2,1-2H3. The first-order valence-electron chi connectivity index (χ1n) is 4.46. The molecule has 0 aromatic rings. The molecule has 0 saturated heterocycles. The fourth-order valence-electron chi connectivity index (χ4n) is 2.20. The zero-order valence-corrected chi connectivity index (χ0v) is 7.56. The van der Waals surface area contributed by atoms with Gasteiger partial charge in [-0.25, -0.2) is 4.99 Å². The number of halogens is 1. The molecule has 68 valence electrons. The smallest absolute Gasteiger partial charge is 0.249 e. The Morgan fingerprint density at radius 1 is 1.50 bits per heavy atom. The second kappa shape index (κ2) is 2.21. The molecule has 1 fully saturated rings. The molecule has 0 N–H and O–H groups in total. The first kappa shape index (κ1) is 8.02. The Kier molecular flexibility index (Phi) is 1.48. The van der Waals surface area contributed by atoms with E-state index in [-0.39, 0.29) is 5.54 Å². The first-order valence-corrected chi connectivity index (χ1v) is 4.46. The molecule has 1 aliphatic heterocycles. The lowest BCUT2D eigenvalue weighted by Gasteiger charge is -2.45. The summed E-state index contributed by atoms with van der Waals surface area (Å²) in [6.07, 6.45) is 3.64. The third kappa shape index (κ3) is 1.21. The topological polar surface area (TPSA) is 21.6 Å². The van der Waals surface area contributed by atoms with Crippen LogP contribution >= 0.6 is 0 Å². The minimum absolute atomic E-state index is 0.105. The Hall–Kier alpha value is -0.600. The summed E-state index contributed by atoms with van der Waals surface area (Å²) < 4.78 is 18.5. The molecule has 0 aromatic carbocycles. The average molecular weight is 171 g/mol. The van der Waals surface area contributed by atoms with Crippen LogP contribution in [0.5, 0.6) is 0 Å². The van der Waals surface area contributed by atoms with Gasteiger partial charge < -0.3 is 4.74 Å². The Bertz CT molecular complexity index is 231. The minimum Gasteiger partial charge on any atom is -0.446 e. The van der Waals surface area contributed by atoms with Gasteiger partial charge in [0, 0.05) is 20.3 Å². The van der Waals surface area contributed by atoms with Gasteiger partial charge in [-0.2, -0.15) is 4.39 Å². The molecule has 0 amide bonds. The van der Waals surface area contributed by atoms with E-state index in [0.29, 0.717) is 12.3 Å². The van der Waals surface area contributed by atoms with Gasteiger partial charge >= 0.3 is 0 Å². The molecule has 0 bridgehead atoms. The molecule has 2 aliphatic rings. The lowest BCUT2D eigenvalue weighted by atomic mass is 9.73. The molecule has 1 unspecified atom stereocenters. The largest absolute Gasteiger partial charge is 0.446 e. The highest BCUT2D eigenvalue weighted by molar-refractivity contribution is 5.75. The van der Waals surface area contributed by atoms with Gasteiger partial charge in [0.2, 0.25) is 5.85 Å². The van der Waals surface area contributed by atoms with E-state index < -0.39 is 5.85 Å². The molecule has 12 heavy (non-hydrogen) atoms. The summed E-state index contributed by atoms with van der Waals surface area (Å²) >= 11 is 0. The number of nitrogens with zero attached hydrogens (tertiary/aromatic N) is 1. The first-order chi connectivity index (χ1) is 5.52. The summed E-state index contributed by atoms with van der Waals surface area (Å²) in [5.41, 5.74) is -0.105. The average Bonchev–Trinajstić information content (AvgIpc) is 1.79. The van der Waals surface area contributed by atoms with Crippen molar-refractivity contribution in [2.75, 3.05) is 0 Å². The van der Waals surface area contributed by atoms with E-state index in [1.165, 1.54) is 13.3 Å². The molecular formula is C9H14FNO. The van der Waals surface area contributed by atoms with Crippen LogP contribution in [0.2, 0.25) is 0 Å². The van der Waals surface area contributed by atoms with E-state index in [2.05, 4.69) is 4.99 Å². The predicted molar refractivity (Wildman–Crippen MR) is 44.9 cm³/mol. The molecule has 2 nitrogen and oxygen atoms in total. The number of rotatable bonds is 0. The Morgan fingerprint density at radius 3 is 2.58 bits per heavy atom. The van der Waals surface area contributed by atoms with E-state index in [4.69, 9.17) is 4.74 Å². The number of hydrogen-bond acceptors (Lipinski definition) is 2. The van der Waals surface area contributed by atoms with Crippen LogP contribution in [-0.4, -0.2) is 17.3 Å². The molecule has 0 aromatic heterocycles. The van der Waals surface area contributed by atoms with Gasteiger partial charge in [0.15, 0.2) is 5.90 Å². The molecule has 1 spiro atoms. The zero-order valence-electron chi connectivity index (χ0n) is 7.56. The second-order valence-corrected chi connectivity index (χ2v) is 4.09. The maximum Gasteiger partial charge on any atom is 0.249 e. The summed E-state index contributed by atoms with van der Waals surface area (Å²) in [5.74, 6) is -0.988. The van der Waals surface area contributed by atoms with Gasteiger partial charge in [-0.05, 0) is 19.3 Å². The van der Waals surface area contributed by atoms with E-state index in [1.807, 2.05) is 0 Å². The van der Waals surface area contributed by atoms with Crippen molar-refractivity contribution in [3.8, 4) is 0 Å². The maximum absolute atomic E-state index is 13.5. The molecular weight excluding hydrogens is 157 g/mol. The van der Waals surface area contributed by atoms with E-state index in [9.17, 15) is 4.39 Å². The fraction of sp³-hybridized carbons (Fsp3) is 0.889. The monoisotopic (exact) mass is 171 g/mol. The summed E-state index contributed by atoms with van der Waals surface area (Å²) in [7, 11) is 0. The predicted octanol–water partition coefficient (Wildman–Crippen LogP) is 2.43. The molecule has 2 rings (SSSR count). The highest BCUT2D eigenvalue weighted by atomic mass is 19.2. The van der Waals surface area contributed by atoms with Crippen LogP contribution in [0.4, 0.5) is 4.39 Å². The van der Waals surface area contributed by atoms with Crippen LogP contribution in [0, 0.1) is 0 Å². The summed E-state index contributed by atoms with van der Waals surface area (Å²) in [5, 5.41) is 0. The molecule has 1 heterocycles. The third-order valence-electron chi connectivity index (χ3n) is 2.68. The molecule has 1 atom stereocenters. The highest BCUT2D eigenvalue weighted by Crippen LogP contribution is 2.45. The van der Waals surface area contributed by atoms with Crippen molar-refractivity contribution in [3.63, 3.8) is 0 Å². The highest BCUT2D eigenvalue weighted by Gasteiger charge is 2.47.